The number of fused-ring (bicyclic) bond motifs is 1. The van der Waals surface area contributed by atoms with E-state index in [0.29, 0.717) is 17.7 Å². The van der Waals surface area contributed by atoms with Crippen molar-refractivity contribution >= 4 is 34.7 Å². The summed E-state index contributed by atoms with van der Waals surface area (Å²) < 4.78 is 0. The Bertz CT molecular complexity index is 1010. The fourth-order valence-corrected chi connectivity index (χ4v) is 5.74. The van der Waals surface area contributed by atoms with Crippen molar-refractivity contribution in [1.29, 1.82) is 0 Å². The van der Waals surface area contributed by atoms with E-state index in [0.717, 1.165) is 56.0 Å². The first-order chi connectivity index (χ1) is 15.6. The molecule has 3 amide bonds. The lowest BCUT2D eigenvalue weighted by molar-refractivity contribution is -0.135. The van der Waals surface area contributed by atoms with Gasteiger partial charge in [0.15, 0.2) is 0 Å². The van der Waals surface area contributed by atoms with Gasteiger partial charge in [-0.1, -0.05) is 18.9 Å². The van der Waals surface area contributed by atoms with Gasteiger partial charge in [0, 0.05) is 37.8 Å². The smallest absolute Gasteiger partial charge is 0.264 e. The molecule has 0 bridgehead atoms. The highest BCUT2D eigenvalue weighted by Crippen LogP contribution is 2.35. The van der Waals surface area contributed by atoms with E-state index in [2.05, 4.69) is 9.88 Å². The van der Waals surface area contributed by atoms with Crippen LogP contribution in [-0.4, -0.2) is 58.7 Å². The predicted molar refractivity (Wildman–Crippen MR) is 123 cm³/mol. The summed E-state index contributed by atoms with van der Waals surface area (Å²) in [6.45, 7) is 3.29. The third kappa shape index (κ3) is 3.92. The van der Waals surface area contributed by atoms with Crippen molar-refractivity contribution in [2.24, 2.45) is 5.92 Å². The van der Waals surface area contributed by atoms with E-state index in [1.165, 1.54) is 29.1 Å². The molecule has 0 aliphatic carbocycles. The minimum absolute atomic E-state index is 0.0589. The molecule has 2 saturated heterocycles. The molecule has 4 heterocycles. The second kappa shape index (κ2) is 9.02. The Kier molecular flexibility index (Phi) is 5.95. The van der Waals surface area contributed by atoms with Crippen molar-refractivity contribution in [3.8, 4) is 0 Å². The SMILES string of the molecule is O=C(C1CCCN(c2cccc3c2C(=O)N(Cc2nccs2)C3=O)C1)N1CCCCCC1. The van der Waals surface area contributed by atoms with Gasteiger partial charge < -0.3 is 9.80 Å². The number of hydrogen-bond acceptors (Lipinski definition) is 6. The second-order valence-corrected chi connectivity index (χ2v) is 9.83. The molecule has 1 unspecified atom stereocenters. The van der Waals surface area contributed by atoms with E-state index in [9.17, 15) is 14.4 Å². The van der Waals surface area contributed by atoms with Gasteiger partial charge in [0.05, 0.1) is 29.3 Å². The summed E-state index contributed by atoms with van der Waals surface area (Å²) in [5.74, 6) is -0.346. The normalized spacial score (nSPS) is 21.6. The van der Waals surface area contributed by atoms with Crippen LogP contribution in [0.25, 0.3) is 0 Å². The van der Waals surface area contributed by atoms with Crippen molar-refractivity contribution in [3.63, 3.8) is 0 Å². The van der Waals surface area contributed by atoms with Gasteiger partial charge in [-0.05, 0) is 37.8 Å². The highest BCUT2D eigenvalue weighted by Gasteiger charge is 2.40. The monoisotopic (exact) mass is 452 g/mol. The zero-order chi connectivity index (χ0) is 22.1. The van der Waals surface area contributed by atoms with E-state index in [-0.39, 0.29) is 30.2 Å². The topological polar surface area (TPSA) is 73.8 Å². The van der Waals surface area contributed by atoms with Gasteiger partial charge in [-0.15, -0.1) is 11.3 Å². The number of anilines is 1. The number of benzene rings is 1. The van der Waals surface area contributed by atoms with E-state index >= 15 is 0 Å². The van der Waals surface area contributed by atoms with Crippen LogP contribution in [0.5, 0.6) is 0 Å². The van der Waals surface area contributed by atoms with Gasteiger partial charge >= 0.3 is 0 Å². The zero-order valence-corrected chi connectivity index (χ0v) is 19.0. The van der Waals surface area contributed by atoms with Gasteiger partial charge in [-0.3, -0.25) is 19.3 Å². The number of aromatic nitrogens is 1. The Morgan fingerprint density at radius 2 is 1.84 bits per heavy atom. The Hall–Kier alpha value is -2.74. The molecule has 1 aromatic heterocycles. The molecule has 0 N–H and O–H groups in total. The number of piperidine rings is 1. The third-order valence-electron chi connectivity index (χ3n) is 6.78. The number of rotatable bonds is 4. The van der Waals surface area contributed by atoms with Crippen LogP contribution in [-0.2, 0) is 11.3 Å². The Labute approximate surface area is 192 Å². The van der Waals surface area contributed by atoms with E-state index in [4.69, 9.17) is 0 Å². The van der Waals surface area contributed by atoms with Crippen LogP contribution >= 0.6 is 11.3 Å². The van der Waals surface area contributed by atoms with Crippen molar-refractivity contribution in [3.05, 3.63) is 45.9 Å². The number of likely N-dealkylation sites (tertiary alicyclic amines) is 1. The Morgan fingerprint density at radius 1 is 1.03 bits per heavy atom. The maximum absolute atomic E-state index is 13.3. The molecule has 3 aliphatic heterocycles. The van der Waals surface area contributed by atoms with Crippen LogP contribution in [0.3, 0.4) is 0 Å². The fraction of sp³-hybridized carbons (Fsp3) is 0.500. The lowest BCUT2D eigenvalue weighted by Crippen LogP contribution is -2.45. The van der Waals surface area contributed by atoms with Crippen molar-refractivity contribution < 1.29 is 14.4 Å². The molecule has 1 atom stereocenters. The average molecular weight is 453 g/mol. The molecule has 3 aliphatic rings. The lowest BCUT2D eigenvalue weighted by Gasteiger charge is -2.36. The van der Waals surface area contributed by atoms with E-state index in [1.54, 1.807) is 12.3 Å². The predicted octanol–water partition coefficient (Wildman–Crippen LogP) is 3.56. The molecule has 7 nitrogen and oxygen atoms in total. The number of imide groups is 1. The summed E-state index contributed by atoms with van der Waals surface area (Å²) in [5, 5.41) is 2.58. The highest BCUT2D eigenvalue weighted by molar-refractivity contribution is 7.09. The summed E-state index contributed by atoms with van der Waals surface area (Å²) in [7, 11) is 0. The number of thiazole rings is 1. The first-order valence-electron chi connectivity index (χ1n) is 11.5. The van der Waals surface area contributed by atoms with Gasteiger partial charge in [0.1, 0.15) is 5.01 Å². The summed E-state index contributed by atoms with van der Waals surface area (Å²) in [6, 6.07) is 5.48. The quantitative estimate of drug-likeness (QED) is 0.663. The molecule has 2 fully saturated rings. The number of nitrogens with zero attached hydrogens (tertiary/aromatic N) is 4. The second-order valence-electron chi connectivity index (χ2n) is 8.85. The van der Waals surface area contributed by atoms with Crippen LogP contribution in [0, 0.1) is 5.92 Å². The van der Waals surface area contributed by atoms with Crippen LogP contribution in [0.2, 0.25) is 0 Å². The summed E-state index contributed by atoms with van der Waals surface area (Å²) in [6.07, 6.45) is 8.02. The van der Waals surface area contributed by atoms with Crippen LogP contribution in [0.1, 0.15) is 64.2 Å². The molecule has 8 heteroatoms. The minimum atomic E-state index is -0.267. The molecule has 0 radical (unpaired) electrons. The molecule has 1 aromatic carbocycles. The van der Waals surface area contributed by atoms with E-state index in [1.807, 2.05) is 22.4 Å². The van der Waals surface area contributed by atoms with Gasteiger partial charge in [-0.25, -0.2) is 4.98 Å². The number of carbonyl (C=O) groups excluding carboxylic acids is 3. The number of amides is 3. The molecule has 32 heavy (non-hydrogen) atoms. The Balaban J connectivity index is 1.37. The molecule has 0 saturated carbocycles. The molecular weight excluding hydrogens is 424 g/mol. The molecule has 5 rings (SSSR count). The summed E-state index contributed by atoms with van der Waals surface area (Å²) in [5.41, 5.74) is 1.69. The van der Waals surface area contributed by atoms with Crippen LogP contribution in [0.4, 0.5) is 5.69 Å². The van der Waals surface area contributed by atoms with Crippen molar-refractivity contribution in [2.75, 3.05) is 31.1 Å². The first kappa shape index (κ1) is 21.1. The first-order valence-corrected chi connectivity index (χ1v) is 12.4. The minimum Gasteiger partial charge on any atom is -0.370 e. The Morgan fingerprint density at radius 3 is 2.59 bits per heavy atom. The largest absolute Gasteiger partial charge is 0.370 e. The zero-order valence-electron chi connectivity index (χ0n) is 18.2. The van der Waals surface area contributed by atoms with E-state index < -0.39 is 0 Å². The number of hydrogen-bond donors (Lipinski definition) is 0. The van der Waals surface area contributed by atoms with Gasteiger partial charge in [-0.2, -0.15) is 0 Å². The maximum Gasteiger partial charge on any atom is 0.264 e. The van der Waals surface area contributed by atoms with Gasteiger partial charge in [0.25, 0.3) is 11.8 Å². The third-order valence-corrected chi connectivity index (χ3v) is 7.55. The highest BCUT2D eigenvalue weighted by atomic mass is 32.1. The summed E-state index contributed by atoms with van der Waals surface area (Å²) in [4.78, 5) is 49.2. The molecular formula is C24H28N4O3S. The lowest BCUT2D eigenvalue weighted by atomic mass is 9.94. The van der Waals surface area contributed by atoms with Crippen LogP contribution < -0.4 is 4.90 Å². The molecule has 0 spiro atoms. The fourth-order valence-electron chi connectivity index (χ4n) is 5.14. The average Bonchev–Trinajstić information content (AvgIpc) is 3.30. The van der Waals surface area contributed by atoms with Crippen molar-refractivity contribution in [2.45, 2.75) is 45.1 Å². The standard InChI is InChI=1S/C24H28N4O3S/c29-22(26-11-3-1-2-4-12-26)17-7-6-13-27(15-17)19-9-5-8-18-21(19)24(31)28(23(18)30)16-20-25-10-14-32-20/h5,8-10,14,17H,1-4,6-7,11-13,15-16H2. The maximum atomic E-state index is 13.3. The summed E-state index contributed by atoms with van der Waals surface area (Å²) >= 11 is 1.43. The van der Waals surface area contributed by atoms with Crippen LogP contribution in [0.15, 0.2) is 29.8 Å². The molecule has 2 aromatic rings. The van der Waals surface area contributed by atoms with Gasteiger partial charge in [0.2, 0.25) is 5.91 Å². The number of carbonyl (C=O) groups is 3. The van der Waals surface area contributed by atoms with Crippen molar-refractivity contribution in [1.82, 2.24) is 14.8 Å². The molecule has 168 valence electrons.